The van der Waals surface area contributed by atoms with Crippen molar-refractivity contribution in [1.29, 1.82) is 0 Å². The number of methoxy groups -OCH3 is 1. The normalized spacial score (nSPS) is 11.1. The summed E-state index contributed by atoms with van der Waals surface area (Å²) in [4.78, 5) is 16.4. The van der Waals surface area contributed by atoms with E-state index in [2.05, 4.69) is 10.3 Å². The average molecular weight is 386 g/mol. The van der Waals surface area contributed by atoms with E-state index in [9.17, 15) is 9.18 Å². The highest BCUT2D eigenvalue weighted by Gasteiger charge is 2.08. The zero-order valence-corrected chi connectivity index (χ0v) is 15.8. The summed E-state index contributed by atoms with van der Waals surface area (Å²) in [6.07, 6.45) is 3.99. The third-order valence-corrected chi connectivity index (χ3v) is 4.59. The molecule has 2 aromatic carbocycles. The Morgan fingerprint density at radius 3 is 2.89 bits per heavy atom. The Kier molecular flexibility index (Phi) is 6.03. The minimum Gasteiger partial charge on any atom is -0.493 e. The molecular formula is C20H19FN2O3S. The van der Waals surface area contributed by atoms with Gasteiger partial charge in [0.25, 0.3) is 0 Å². The molecule has 1 heterocycles. The Hall–Kier alpha value is -2.93. The van der Waals surface area contributed by atoms with Crippen LogP contribution in [0.4, 0.5) is 9.52 Å². The van der Waals surface area contributed by atoms with Gasteiger partial charge in [-0.3, -0.25) is 10.1 Å². The van der Waals surface area contributed by atoms with E-state index in [1.165, 1.54) is 29.5 Å². The molecule has 0 spiro atoms. The molecule has 0 saturated heterocycles. The molecule has 3 rings (SSSR count). The van der Waals surface area contributed by atoms with Gasteiger partial charge in [0.05, 0.1) is 23.9 Å². The van der Waals surface area contributed by atoms with Gasteiger partial charge in [-0.2, -0.15) is 0 Å². The molecule has 0 unspecified atom stereocenters. The van der Waals surface area contributed by atoms with E-state index in [0.717, 1.165) is 12.0 Å². The highest BCUT2D eigenvalue weighted by Crippen LogP contribution is 2.29. The Labute approximate surface area is 160 Å². The lowest BCUT2D eigenvalue weighted by atomic mass is 10.2. The topological polar surface area (TPSA) is 60.5 Å². The molecule has 0 saturated carbocycles. The maximum absolute atomic E-state index is 13.2. The summed E-state index contributed by atoms with van der Waals surface area (Å²) in [7, 11) is 1.57. The summed E-state index contributed by atoms with van der Waals surface area (Å²) in [5.41, 5.74) is 1.45. The first kappa shape index (κ1) is 18.8. The highest BCUT2D eigenvalue weighted by molar-refractivity contribution is 7.22. The number of amides is 1. The van der Waals surface area contributed by atoms with Crippen LogP contribution in [-0.2, 0) is 4.79 Å². The van der Waals surface area contributed by atoms with Crippen molar-refractivity contribution in [1.82, 2.24) is 4.98 Å². The highest BCUT2D eigenvalue weighted by atomic mass is 32.1. The fourth-order valence-corrected chi connectivity index (χ4v) is 3.28. The van der Waals surface area contributed by atoms with Gasteiger partial charge in [-0.25, -0.2) is 9.37 Å². The Morgan fingerprint density at radius 1 is 1.26 bits per heavy atom. The molecule has 1 amide bonds. The van der Waals surface area contributed by atoms with Gasteiger partial charge in [0.15, 0.2) is 16.6 Å². The first-order valence-corrected chi connectivity index (χ1v) is 9.26. The second-order valence-electron chi connectivity index (χ2n) is 5.71. The second-order valence-corrected chi connectivity index (χ2v) is 6.74. The van der Waals surface area contributed by atoms with Gasteiger partial charge in [-0.1, -0.05) is 24.3 Å². The number of nitrogens with one attached hydrogen (secondary N) is 1. The zero-order valence-electron chi connectivity index (χ0n) is 15.0. The molecule has 0 aliphatic heterocycles. The van der Waals surface area contributed by atoms with E-state index in [1.54, 1.807) is 25.3 Å². The van der Waals surface area contributed by atoms with Crippen molar-refractivity contribution in [2.75, 3.05) is 19.0 Å². The molecule has 0 bridgehead atoms. The summed E-state index contributed by atoms with van der Waals surface area (Å²) >= 11 is 1.22. The van der Waals surface area contributed by atoms with Crippen molar-refractivity contribution in [3.63, 3.8) is 0 Å². The quantitative estimate of drug-likeness (QED) is 0.588. The minimum absolute atomic E-state index is 0.320. The van der Waals surface area contributed by atoms with Crippen LogP contribution in [0, 0.1) is 5.82 Å². The second kappa shape index (κ2) is 8.64. The number of benzene rings is 2. The van der Waals surface area contributed by atoms with Crippen molar-refractivity contribution in [2.24, 2.45) is 0 Å². The van der Waals surface area contributed by atoms with Gasteiger partial charge in [-0.15, -0.1) is 0 Å². The zero-order chi connectivity index (χ0) is 19.2. The first-order chi connectivity index (χ1) is 13.1. The monoisotopic (exact) mass is 386 g/mol. The number of thiazole rings is 1. The van der Waals surface area contributed by atoms with E-state index in [-0.39, 0.29) is 11.7 Å². The van der Waals surface area contributed by atoms with Crippen molar-refractivity contribution >= 4 is 38.7 Å². The van der Waals surface area contributed by atoms with Crippen molar-refractivity contribution < 1.29 is 18.7 Å². The number of ether oxygens (including phenoxy) is 2. The lowest BCUT2D eigenvalue weighted by Crippen LogP contribution is -2.07. The van der Waals surface area contributed by atoms with Crippen LogP contribution in [0.1, 0.15) is 18.9 Å². The summed E-state index contributed by atoms with van der Waals surface area (Å²) in [5, 5.41) is 3.11. The number of rotatable bonds is 7. The summed E-state index contributed by atoms with van der Waals surface area (Å²) in [6, 6.07) is 9.78. The SMILES string of the molecule is CCCOc1ccc(/C=C/C(=O)Nc2nc3ccc(F)cc3s2)cc1OC. The fourth-order valence-electron chi connectivity index (χ4n) is 2.39. The number of halogens is 1. The molecule has 0 radical (unpaired) electrons. The third-order valence-electron chi connectivity index (χ3n) is 3.66. The molecule has 0 fully saturated rings. The molecule has 27 heavy (non-hydrogen) atoms. The molecule has 0 aliphatic rings. The van der Waals surface area contributed by atoms with Gasteiger partial charge >= 0.3 is 0 Å². The van der Waals surface area contributed by atoms with E-state index < -0.39 is 0 Å². The predicted molar refractivity (Wildman–Crippen MR) is 106 cm³/mol. The molecule has 5 nitrogen and oxygen atoms in total. The van der Waals surface area contributed by atoms with Crippen LogP contribution >= 0.6 is 11.3 Å². The van der Waals surface area contributed by atoms with Crippen molar-refractivity contribution in [3.05, 3.63) is 53.9 Å². The van der Waals surface area contributed by atoms with E-state index in [4.69, 9.17) is 9.47 Å². The van der Waals surface area contributed by atoms with Gasteiger partial charge in [0, 0.05) is 6.08 Å². The smallest absolute Gasteiger partial charge is 0.250 e. The number of fused-ring (bicyclic) bond motifs is 1. The van der Waals surface area contributed by atoms with E-state index >= 15 is 0 Å². The molecule has 1 aromatic heterocycles. The maximum Gasteiger partial charge on any atom is 0.250 e. The lowest BCUT2D eigenvalue weighted by Gasteiger charge is -2.10. The first-order valence-electron chi connectivity index (χ1n) is 8.45. The summed E-state index contributed by atoms with van der Waals surface area (Å²) < 4.78 is 24.9. The molecule has 1 N–H and O–H groups in total. The third kappa shape index (κ3) is 4.83. The number of hydrogen-bond acceptors (Lipinski definition) is 5. The van der Waals surface area contributed by atoms with E-state index in [0.29, 0.717) is 33.5 Å². The van der Waals surface area contributed by atoms with Crippen LogP contribution in [-0.4, -0.2) is 24.6 Å². The van der Waals surface area contributed by atoms with Crippen LogP contribution in [0.2, 0.25) is 0 Å². The summed E-state index contributed by atoms with van der Waals surface area (Å²) in [6.45, 7) is 2.64. The number of anilines is 1. The standard InChI is InChI=1S/C20H19FN2O3S/c1-3-10-26-16-8-4-13(11-17(16)25-2)5-9-19(24)23-20-22-15-7-6-14(21)12-18(15)27-20/h4-9,11-12H,3,10H2,1-2H3,(H,22,23,24)/b9-5+. The van der Waals surface area contributed by atoms with Gasteiger partial charge in [0.2, 0.25) is 5.91 Å². The molecule has 0 aliphatic carbocycles. The van der Waals surface area contributed by atoms with Crippen molar-refractivity contribution in [3.8, 4) is 11.5 Å². The Balaban J connectivity index is 1.68. The van der Waals surface area contributed by atoms with Gasteiger partial charge in [0.1, 0.15) is 5.82 Å². The van der Waals surface area contributed by atoms with Crippen LogP contribution in [0.5, 0.6) is 11.5 Å². The minimum atomic E-state index is -0.329. The number of carbonyl (C=O) groups is 1. The summed E-state index contributed by atoms with van der Waals surface area (Å²) in [5.74, 6) is 0.630. The molecular weight excluding hydrogens is 367 g/mol. The van der Waals surface area contributed by atoms with Crippen LogP contribution in [0.15, 0.2) is 42.5 Å². The lowest BCUT2D eigenvalue weighted by molar-refractivity contribution is -0.111. The van der Waals surface area contributed by atoms with Crippen LogP contribution in [0.25, 0.3) is 16.3 Å². The number of aromatic nitrogens is 1. The van der Waals surface area contributed by atoms with Gasteiger partial charge < -0.3 is 9.47 Å². The van der Waals surface area contributed by atoms with Gasteiger partial charge in [-0.05, 0) is 48.4 Å². The maximum atomic E-state index is 13.2. The number of nitrogens with zero attached hydrogens (tertiary/aromatic N) is 1. The Bertz CT molecular complexity index is 985. The largest absolute Gasteiger partial charge is 0.493 e. The predicted octanol–water partition coefficient (Wildman–Crippen LogP) is 4.88. The van der Waals surface area contributed by atoms with Crippen LogP contribution in [0.3, 0.4) is 0 Å². The molecule has 140 valence electrons. The Morgan fingerprint density at radius 2 is 2.11 bits per heavy atom. The molecule has 3 aromatic rings. The van der Waals surface area contributed by atoms with Crippen molar-refractivity contribution in [2.45, 2.75) is 13.3 Å². The fraction of sp³-hybridized carbons (Fsp3) is 0.200. The average Bonchev–Trinajstić information content (AvgIpc) is 3.06. The van der Waals surface area contributed by atoms with Crippen LogP contribution < -0.4 is 14.8 Å². The number of hydrogen-bond donors (Lipinski definition) is 1. The van der Waals surface area contributed by atoms with E-state index in [1.807, 2.05) is 19.1 Å². The molecule has 7 heteroatoms. The molecule has 0 atom stereocenters. The number of carbonyl (C=O) groups excluding carboxylic acids is 1.